The summed E-state index contributed by atoms with van der Waals surface area (Å²) in [6.07, 6.45) is -2.42. The molecule has 55 heavy (non-hydrogen) atoms. The number of carboxylic acids is 1. The van der Waals surface area contributed by atoms with Crippen molar-refractivity contribution in [2.45, 2.75) is 77.6 Å². The molecule has 2 atom stereocenters. The van der Waals surface area contributed by atoms with E-state index < -0.39 is 35.3 Å². The molecule has 5 aromatic carbocycles. The number of nitrogens with one attached hydrogen (secondary N) is 1. The van der Waals surface area contributed by atoms with E-state index in [4.69, 9.17) is 23.7 Å². The Kier molecular flexibility index (Phi) is 13.5. The van der Waals surface area contributed by atoms with E-state index in [1.165, 1.54) is 0 Å². The van der Waals surface area contributed by atoms with E-state index in [1.807, 2.05) is 91.0 Å². The molecule has 1 amide bonds. The fourth-order valence-electron chi connectivity index (χ4n) is 5.87. The van der Waals surface area contributed by atoms with E-state index in [2.05, 4.69) is 5.32 Å². The fourth-order valence-corrected chi connectivity index (χ4v) is 5.87. The van der Waals surface area contributed by atoms with Gasteiger partial charge < -0.3 is 34.1 Å². The predicted molar refractivity (Wildman–Crippen MR) is 208 cm³/mol. The molecule has 10 heteroatoms. The molecule has 0 saturated carbocycles. The third-order valence-electron chi connectivity index (χ3n) is 8.43. The van der Waals surface area contributed by atoms with E-state index in [0.29, 0.717) is 22.8 Å². The third-order valence-corrected chi connectivity index (χ3v) is 8.43. The van der Waals surface area contributed by atoms with Gasteiger partial charge in [-0.05, 0) is 74.2 Å². The molecular formula is C45H47NO9. The molecule has 1 unspecified atom stereocenters. The van der Waals surface area contributed by atoms with Crippen LogP contribution in [0, 0.1) is 0 Å². The Balaban J connectivity index is 1.40. The van der Waals surface area contributed by atoms with Crippen molar-refractivity contribution in [2.75, 3.05) is 0 Å². The maximum absolute atomic E-state index is 13.6. The summed E-state index contributed by atoms with van der Waals surface area (Å²) in [6, 6.07) is 40.6. The number of carbonyl (C=O) groups is 3. The average Bonchev–Trinajstić information content (AvgIpc) is 3.16. The maximum Gasteiger partial charge on any atom is 0.408 e. The summed E-state index contributed by atoms with van der Waals surface area (Å²) in [6.45, 7) is 7.37. The number of rotatable bonds is 17. The highest BCUT2D eigenvalue weighted by Crippen LogP contribution is 2.33. The van der Waals surface area contributed by atoms with Gasteiger partial charge in [-0.15, -0.1) is 0 Å². The Morgan fingerprint density at radius 1 is 0.618 bits per heavy atom. The molecule has 2 N–H and O–H groups in total. The summed E-state index contributed by atoms with van der Waals surface area (Å²) in [7, 11) is 0. The molecule has 10 nitrogen and oxygen atoms in total. The van der Waals surface area contributed by atoms with Crippen LogP contribution < -0.4 is 19.5 Å². The van der Waals surface area contributed by atoms with E-state index in [1.54, 1.807) is 70.2 Å². The molecule has 0 heterocycles. The van der Waals surface area contributed by atoms with Crippen LogP contribution >= 0.6 is 0 Å². The van der Waals surface area contributed by atoms with Gasteiger partial charge in [0.1, 0.15) is 48.4 Å². The molecule has 0 aliphatic heterocycles. The third kappa shape index (κ3) is 12.1. The molecule has 5 rings (SSSR count). The van der Waals surface area contributed by atoms with Crippen LogP contribution in [-0.4, -0.2) is 40.4 Å². The molecule has 0 aliphatic rings. The smallest absolute Gasteiger partial charge is 0.408 e. The fraction of sp³-hybridized carbons (Fsp3) is 0.267. The minimum absolute atomic E-state index is 0.178. The number of carboxylic acid groups (broad SMARTS) is 1. The Morgan fingerprint density at radius 2 is 1.11 bits per heavy atom. The summed E-state index contributed by atoms with van der Waals surface area (Å²) in [5.74, 6) is -0.883. The monoisotopic (exact) mass is 745 g/mol. The van der Waals surface area contributed by atoms with Gasteiger partial charge >= 0.3 is 18.0 Å². The van der Waals surface area contributed by atoms with Crippen molar-refractivity contribution in [1.29, 1.82) is 0 Å². The lowest BCUT2D eigenvalue weighted by Crippen LogP contribution is -2.58. The second kappa shape index (κ2) is 18.6. The molecule has 0 aliphatic carbocycles. The van der Waals surface area contributed by atoms with Crippen molar-refractivity contribution < 1.29 is 43.2 Å². The number of alkyl carbamates (subject to hydrolysis) is 1. The lowest BCUT2D eigenvalue weighted by atomic mass is 9.85. The summed E-state index contributed by atoms with van der Waals surface area (Å²) in [4.78, 5) is 40.1. The van der Waals surface area contributed by atoms with Gasteiger partial charge in [0.25, 0.3) is 0 Å². The second-order valence-corrected chi connectivity index (χ2v) is 14.2. The van der Waals surface area contributed by atoms with Crippen molar-refractivity contribution in [3.63, 3.8) is 0 Å². The van der Waals surface area contributed by atoms with Crippen LogP contribution in [-0.2, 0) is 40.5 Å². The van der Waals surface area contributed by atoms with Gasteiger partial charge in [-0.2, -0.15) is 0 Å². The minimum Gasteiger partial charge on any atom is -0.488 e. The maximum atomic E-state index is 13.6. The van der Waals surface area contributed by atoms with E-state index in [0.717, 1.165) is 16.7 Å². The first kappa shape index (κ1) is 39.9. The average molecular weight is 746 g/mol. The van der Waals surface area contributed by atoms with Gasteiger partial charge in [-0.3, -0.25) is 0 Å². The van der Waals surface area contributed by atoms with Crippen molar-refractivity contribution in [3.8, 4) is 17.2 Å². The van der Waals surface area contributed by atoms with Crippen LogP contribution in [0.1, 0.15) is 66.7 Å². The first-order valence-electron chi connectivity index (χ1n) is 18.1. The highest BCUT2D eigenvalue weighted by molar-refractivity contribution is 5.92. The SMILES string of the molecule is C[C@H](CC(Cc1ccc(OCc2ccccc2)c(OCc2ccccc2)c1)(NC(=O)OC(C)(C)C)C(=O)O)OC(=O)c1ccccc1OCc1ccccc1. The van der Waals surface area contributed by atoms with Gasteiger partial charge in [0.2, 0.25) is 0 Å². The van der Waals surface area contributed by atoms with Gasteiger partial charge in [-0.1, -0.05) is 109 Å². The molecular weight excluding hydrogens is 698 g/mol. The van der Waals surface area contributed by atoms with Crippen molar-refractivity contribution >= 4 is 18.0 Å². The Labute approximate surface area is 322 Å². The normalized spacial score (nSPS) is 12.7. The van der Waals surface area contributed by atoms with E-state index in [9.17, 15) is 19.5 Å². The molecule has 5 aromatic rings. The molecule has 0 radical (unpaired) electrons. The highest BCUT2D eigenvalue weighted by atomic mass is 16.6. The first-order valence-corrected chi connectivity index (χ1v) is 18.1. The van der Waals surface area contributed by atoms with Gasteiger partial charge in [0.05, 0.1) is 0 Å². The summed E-state index contributed by atoms with van der Waals surface area (Å²) in [5.41, 5.74) is 0.616. The number of amides is 1. The van der Waals surface area contributed by atoms with Crippen LogP contribution in [0.3, 0.4) is 0 Å². The summed E-state index contributed by atoms with van der Waals surface area (Å²) >= 11 is 0. The molecule has 286 valence electrons. The zero-order chi connectivity index (χ0) is 39.3. The molecule has 0 saturated heterocycles. The number of para-hydroxylation sites is 1. The van der Waals surface area contributed by atoms with Crippen LogP contribution in [0.25, 0.3) is 0 Å². The molecule has 0 spiro atoms. The highest BCUT2D eigenvalue weighted by Gasteiger charge is 2.44. The summed E-state index contributed by atoms with van der Waals surface area (Å²) < 4.78 is 29.7. The predicted octanol–water partition coefficient (Wildman–Crippen LogP) is 8.95. The largest absolute Gasteiger partial charge is 0.488 e. The van der Waals surface area contributed by atoms with Crippen LogP contribution in [0.4, 0.5) is 4.79 Å². The van der Waals surface area contributed by atoms with Crippen molar-refractivity contribution in [1.82, 2.24) is 5.32 Å². The van der Waals surface area contributed by atoms with Gasteiger partial charge in [0.15, 0.2) is 11.5 Å². The first-order chi connectivity index (χ1) is 26.4. The van der Waals surface area contributed by atoms with Crippen molar-refractivity contribution in [2.24, 2.45) is 0 Å². The summed E-state index contributed by atoms with van der Waals surface area (Å²) in [5, 5.41) is 13.5. The Hall–Kier alpha value is -6.29. The van der Waals surface area contributed by atoms with Crippen LogP contribution in [0.5, 0.6) is 17.2 Å². The second-order valence-electron chi connectivity index (χ2n) is 14.2. The van der Waals surface area contributed by atoms with Crippen molar-refractivity contribution in [3.05, 3.63) is 161 Å². The van der Waals surface area contributed by atoms with Gasteiger partial charge in [0, 0.05) is 12.8 Å². The number of aliphatic carboxylic acids is 1. The zero-order valence-electron chi connectivity index (χ0n) is 31.5. The Bertz CT molecular complexity index is 2010. The van der Waals surface area contributed by atoms with Crippen LogP contribution in [0.2, 0.25) is 0 Å². The Morgan fingerprint density at radius 3 is 1.64 bits per heavy atom. The number of hydrogen-bond acceptors (Lipinski definition) is 8. The molecule has 0 bridgehead atoms. The molecule has 0 fully saturated rings. The number of esters is 1. The quantitative estimate of drug-likeness (QED) is 0.0897. The zero-order valence-corrected chi connectivity index (χ0v) is 31.5. The van der Waals surface area contributed by atoms with E-state index >= 15 is 0 Å². The van der Waals surface area contributed by atoms with E-state index in [-0.39, 0.29) is 38.2 Å². The molecule has 0 aromatic heterocycles. The minimum atomic E-state index is -1.98. The number of ether oxygens (including phenoxy) is 5. The standard InChI is InChI=1S/C45H47NO9/c1-32(54-41(47)37-22-14-15-23-38(37)51-29-33-16-8-5-9-17-33)27-45(42(48)49,46-43(50)55-44(2,3)4)28-36-24-25-39(52-30-34-18-10-6-11-19-34)40(26-36)53-31-35-20-12-7-13-21-35/h5-26,32H,27-31H2,1-4H3,(H,46,50)(H,48,49)/t32-,45?/m1/s1. The van der Waals surface area contributed by atoms with Gasteiger partial charge in [-0.25, -0.2) is 14.4 Å². The van der Waals surface area contributed by atoms with Crippen LogP contribution in [0.15, 0.2) is 133 Å². The number of benzene rings is 5. The lowest BCUT2D eigenvalue weighted by Gasteiger charge is -2.34. The topological polar surface area (TPSA) is 130 Å². The lowest BCUT2D eigenvalue weighted by molar-refractivity contribution is -0.146. The number of hydrogen-bond donors (Lipinski definition) is 2. The number of carbonyl (C=O) groups excluding carboxylic acids is 2.